The molecule has 1 saturated carbocycles. The number of likely N-dealkylation sites (tertiary alicyclic amines) is 1. The Morgan fingerprint density at radius 1 is 1.04 bits per heavy atom. The molecular formula is C37H54Cl3FN4O2. The van der Waals surface area contributed by atoms with Gasteiger partial charge >= 0.3 is 5.97 Å². The van der Waals surface area contributed by atoms with E-state index in [0.717, 1.165) is 69.5 Å². The van der Waals surface area contributed by atoms with Gasteiger partial charge in [-0.05, 0) is 113 Å². The number of aliphatic carboxylic acids is 1. The van der Waals surface area contributed by atoms with Crippen molar-refractivity contribution in [3.05, 3.63) is 88.5 Å². The number of halogens is 4. The number of hydrogen-bond acceptors (Lipinski definition) is 4. The Balaban J connectivity index is 0.00000256. The van der Waals surface area contributed by atoms with E-state index >= 15 is 0 Å². The van der Waals surface area contributed by atoms with Crippen molar-refractivity contribution in [2.24, 2.45) is 11.8 Å². The average Bonchev–Trinajstić information content (AvgIpc) is 3.61. The van der Waals surface area contributed by atoms with Crippen LogP contribution in [0.15, 0.2) is 54.6 Å². The number of hydrogen-bond donors (Lipinski definition) is 1. The summed E-state index contributed by atoms with van der Waals surface area (Å²) in [6.45, 7) is 12.4. The fourth-order valence-corrected chi connectivity index (χ4v) is 7.73. The summed E-state index contributed by atoms with van der Waals surface area (Å²) in [7, 11) is 1.98. The van der Waals surface area contributed by atoms with Gasteiger partial charge in [0.2, 0.25) is 0 Å². The molecule has 47 heavy (non-hydrogen) atoms. The van der Waals surface area contributed by atoms with E-state index < -0.39 is 12.0 Å². The van der Waals surface area contributed by atoms with Gasteiger partial charge < -0.3 is 10.0 Å². The lowest BCUT2D eigenvalue weighted by Gasteiger charge is -2.35. The second-order valence-electron chi connectivity index (χ2n) is 13.8. The second kappa shape index (κ2) is 18.6. The van der Waals surface area contributed by atoms with Crippen molar-refractivity contribution in [1.29, 1.82) is 0 Å². The molecule has 4 atom stereocenters. The number of rotatable bonds is 12. The van der Waals surface area contributed by atoms with E-state index in [0.29, 0.717) is 24.2 Å². The van der Waals surface area contributed by atoms with Crippen LogP contribution in [-0.2, 0) is 17.8 Å². The third kappa shape index (κ3) is 10.4. The Kier molecular flexibility index (Phi) is 16.2. The van der Waals surface area contributed by atoms with Gasteiger partial charge in [0, 0.05) is 37.2 Å². The highest BCUT2D eigenvalue weighted by molar-refractivity contribution is 5.86. The number of carbonyl (C=O) groups is 1. The van der Waals surface area contributed by atoms with Crippen molar-refractivity contribution in [2.75, 3.05) is 26.7 Å². The molecular weight excluding hydrogens is 658 g/mol. The smallest absolute Gasteiger partial charge is 0.320 e. The third-order valence-electron chi connectivity index (χ3n) is 10.2. The minimum absolute atomic E-state index is 0. The molecule has 3 aromatic rings. The van der Waals surface area contributed by atoms with Crippen LogP contribution in [-0.4, -0.2) is 69.4 Å². The zero-order chi connectivity index (χ0) is 31.4. The van der Waals surface area contributed by atoms with Crippen molar-refractivity contribution >= 4 is 43.2 Å². The maximum absolute atomic E-state index is 14.3. The molecule has 2 heterocycles. The molecule has 1 aromatic heterocycles. The molecule has 1 saturated heterocycles. The number of aryl methyl sites for hydroxylation is 2. The van der Waals surface area contributed by atoms with E-state index in [1.807, 2.05) is 13.1 Å². The summed E-state index contributed by atoms with van der Waals surface area (Å²) < 4.78 is 16.5. The minimum atomic E-state index is -0.748. The standard InChI is InChI=1S/C37H51FN4O2.3ClH/c1-6-42-35(22-32(39-42)19-27-12-10-26(4)11-13-27)28-14-16-41(17-15-28)24-30-21-33(40(5)36(37(43)44)18-25(2)3)23-34(30)29-8-7-9-31(38)20-29;;;/h7-13,20,22,25,28,30,33-34,36H,6,14-19,21,23-24H2,1-5H3,(H,43,44);3*1H/t30-,33?,34-,36-;;;/m1.../s1. The zero-order valence-electron chi connectivity index (χ0n) is 28.5. The van der Waals surface area contributed by atoms with Crippen LogP contribution < -0.4 is 0 Å². The third-order valence-corrected chi connectivity index (χ3v) is 10.2. The van der Waals surface area contributed by atoms with Crippen molar-refractivity contribution in [3.63, 3.8) is 0 Å². The number of piperidine rings is 1. The fraction of sp³-hybridized carbons (Fsp3) is 0.568. The summed E-state index contributed by atoms with van der Waals surface area (Å²) in [6.07, 6.45) is 5.49. The predicted octanol–water partition coefficient (Wildman–Crippen LogP) is 8.38. The Hall–Kier alpha value is -2.16. The predicted molar refractivity (Wildman–Crippen MR) is 196 cm³/mol. The highest BCUT2D eigenvalue weighted by Gasteiger charge is 2.41. The lowest BCUT2D eigenvalue weighted by Crippen LogP contribution is -2.45. The Morgan fingerprint density at radius 2 is 1.72 bits per heavy atom. The van der Waals surface area contributed by atoms with Crippen LogP contribution in [0.25, 0.3) is 0 Å². The van der Waals surface area contributed by atoms with Crippen molar-refractivity contribution in [1.82, 2.24) is 19.6 Å². The van der Waals surface area contributed by atoms with Crippen molar-refractivity contribution in [2.45, 2.75) is 96.7 Å². The van der Waals surface area contributed by atoms with E-state index in [4.69, 9.17) is 5.10 Å². The van der Waals surface area contributed by atoms with Crippen LogP contribution in [0.1, 0.15) is 92.8 Å². The molecule has 0 amide bonds. The molecule has 0 spiro atoms. The first kappa shape index (κ1) is 41.0. The zero-order valence-corrected chi connectivity index (χ0v) is 30.9. The summed E-state index contributed by atoms with van der Waals surface area (Å²) in [5.74, 6) is 0.434. The highest BCUT2D eigenvalue weighted by atomic mass is 35.5. The lowest BCUT2D eigenvalue weighted by molar-refractivity contribution is -0.144. The molecule has 0 bridgehead atoms. The molecule has 2 fully saturated rings. The largest absolute Gasteiger partial charge is 0.480 e. The first-order valence-electron chi connectivity index (χ1n) is 16.7. The van der Waals surface area contributed by atoms with Gasteiger partial charge in [0.1, 0.15) is 11.9 Å². The summed E-state index contributed by atoms with van der Waals surface area (Å²) in [5.41, 5.74) is 6.12. The SMILES string of the molecule is CCn1nc(Cc2ccc(C)cc2)cc1C1CCN(C[C@H]2CC(N(C)[C@H](CC(C)C)C(=O)O)C[C@@H]2c2cccc(F)c2)CC1.Cl.Cl.Cl. The van der Waals surface area contributed by atoms with Crippen LogP contribution in [0.5, 0.6) is 0 Å². The van der Waals surface area contributed by atoms with Gasteiger partial charge in [-0.25, -0.2) is 4.39 Å². The van der Waals surface area contributed by atoms with Crippen LogP contribution in [0.3, 0.4) is 0 Å². The number of likely N-dealkylation sites (N-methyl/N-ethyl adjacent to an activating group) is 1. The number of carboxylic acids is 1. The van der Waals surface area contributed by atoms with Crippen LogP contribution in [0.2, 0.25) is 0 Å². The van der Waals surface area contributed by atoms with Crippen molar-refractivity contribution < 1.29 is 14.3 Å². The fourth-order valence-electron chi connectivity index (χ4n) is 7.73. The Bertz CT molecular complexity index is 1390. The van der Waals surface area contributed by atoms with Gasteiger partial charge in [-0.2, -0.15) is 5.10 Å². The topological polar surface area (TPSA) is 61.6 Å². The number of benzene rings is 2. The average molecular weight is 712 g/mol. The second-order valence-corrected chi connectivity index (χ2v) is 13.8. The molecule has 1 aliphatic carbocycles. The quantitative estimate of drug-likeness (QED) is 0.205. The monoisotopic (exact) mass is 710 g/mol. The van der Waals surface area contributed by atoms with Gasteiger partial charge in [0.15, 0.2) is 0 Å². The van der Waals surface area contributed by atoms with Gasteiger partial charge in [-0.15, -0.1) is 37.2 Å². The van der Waals surface area contributed by atoms with Crippen molar-refractivity contribution in [3.8, 4) is 0 Å². The number of aromatic nitrogens is 2. The van der Waals surface area contributed by atoms with E-state index in [9.17, 15) is 14.3 Å². The molecule has 0 radical (unpaired) electrons. The summed E-state index contributed by atoms with van der Waals surface area (Å²) in [4.78, 5) is 16.9. The highest BCUT2D eigenvalue weighted by Crippen LogP contribution is 2.43. The molecule has 10 heteroatoms. The molecule has 2 aromatic carbocycles. The first-order valence-corrected chi connectivity index (χ1v) is 16.7. The molecule has 2 aliphatic rings. The molecule has 1 unspecified atom stereocenters. The van der Waals surface area contributed by atoms with E-state index in [2.05, 4.69) is 78.6 Å². The van der Waals surface area contributed by atoms with Gasteiger partial charge in [0.05, 0.1) is 5.69 Å². The summed E-state index contributed by atoms with van der Waals surface area (Å²) >= 11 is 0. The Morgan fingerprint density at radius 3 is 2.32 bits per heavy atom. The van der Waals surface area contributed by atoms with E-state index in [1.165, 1.54) is 22.9 Å². The molecule has 1 aliphatic heterocycles. The molecule has 262 valence electrons. The maximum atomic E-state index is 14.3. The normalized spacial score (nSPS) is 20.8. The maximum Gasteiger partial charge on any atom is 0.320 e. The lowest BCUT2D eigenvalue weighted by atomic mass is 9.87. The summed E-state index contributed by atoms with van der Waals surface area (Å²) in [6, 6.07) is 17.8. The van der Waals surface area contributed by atoms with E-state index in [1.54, 1.807) is 6.07 Å². The number of carboxylic acid groups (broad SMARTS) is 1. The number of nitrogens with zero attached hydrogens (tertiary/aromatic N) is 4. The Labute approximate surface area is 299 Å². The van der Waals surface area contributed by atoms with Crippen LogP contribution in [0, 0.1) is 24.6 Å². The summed E-state index contributed by atoms with van der Waals surface area (Å²) in [5, 5.41) is 15.0. The van der Waals surface area contributed by atoms with Crippen LogP contribution in [0.4, 0.5) is 4.39 Å². The van der Waals surface area contributed by atoms with E-state index in [-0.39, 0.29) is 55.0 Å². The van der Waals surface area contributed by atoms with Gasteiger partial charge in [0.25, 0.3) is 0 Å². The molecule has 6 nitrogen and oxygen atoms in total. The van der Waals surface area contributed by atoms with Gasteiger partial charge in [-0.3, -0.25) is 14.4 Å². The first-order chi connectivity index (χ1) is 21.1. The molecule has 1 N–H and O–H groups in total. The van der Waals surface area contributed by atoms with Crippen LogP contribution >= 0.6 is 37.2 Å². The van der Waals surface area contributed by atoms with Gasteiger partial charge in [-0.1, -0.05) is 55.8 Å². The molecule has 5 rings (SSSR count). The minimum Gasteiger partial charge on any atom is -0.480 e.